The summed E-state index contributed by atoms with van der Waals surface area (Å²) in [5.74, 6) is 0.0706. The molecule has 3 nitrogen and oxygen atoms in total. The van der Waals surface area contributed by atoms with Gasteiger partial charge in [-0.15, -0.1) is 0 Å². The molecular weight excluding hydrogens is 240 g/mol. The summed E-state index contributed by atoms with van der Waals surface area (Å²) in [5, 5.41) is 0. The first kappa shape index (κ1) is 13.8. The van der Waals surface area contributed by atoms with Gasteiger partial charge in [-0.1, -0.05) is 37.3 Å². The fourth-order valence-corrected chi connectivity index (χ4v) is 2.68. The smallest absolute Gasteiger partial charge is 0.309 e. The van der Waals surface area contributed by atoms with Crippen LogP contribution in [0.3, 0.4) is 0 Å². The summed E-state index contributed by atoms with van der Waals surface area (Å²) in [6.45, 7) is 2.15. The maximum Gasteiger partial charge on any atom is 0.309 e. The molecule has 3 heteroatoms. The van der Waals surface area contributed by atoms with Crippen LogP contribution in [0.4, 0.5) is 0 Å². The molecule has 1 aromatic carbocycles. The molecule has 1 aliphatic carbocycles. The molecule has 0 heterocycles. The highest BCUT2D eigenvalue weighted by Crippen LogP contribution is 2.36. The van der Waals surface area contributed by atoms with Crippen LogP contribution in [0, 0.1) is 5.92 Å². The van der Waals surface area contributed by atoms with Gasteiger partial charge < -0.3 is 9.47 Å². The van der Waals surface area contributed by atoms with E-state index in [1.54, 1.807) is 7.11 Å². The van der Waals surface area contributed by atoms with Crippen molar-refractivity contribution in [2.75, 3.05) is 14.2 Å². The van der Waals surface area contributed by atoms with E-state index < -0.39 is 0 Å². The van der Waals surface area contributed by atoms with Crippen molar-refractivity contribution >= 4 is 11.5 Å². The first-order chi connectivity index (χ1) is 9.17. The first-order valence-electron chi connectivity index (χ1n) is 6.55. The summed E-state index contributed by atoms with van der Waals surface area (Å²) >= 11 is 0. The van der Waals surface area contributed by atoms with Gasteiger partial charge >= 0.3 is 5.97 Å². The lowest BCUT2D eigenvalue weighted by atomic mass is 9.78. The molecule has 19 heavy (non-hydrogen) atoms. The van der Waals surface area contributed by atoms with Crippen molar-refractivity contribution in [3.63, 3.8) is 0 Å². The monoisotopic (exact) mass is 260 g/mol. The number of benzene rings is 1. The lowest BCUT2D eigenvalue weighted by molar-refractivity contribution is -0.139. The maximum atomic E-state index is 11.3. The Bertz CT molecular complexity index is 491. The predicted molar refractivity (Wildman–Crippen MR) is 74.7 cm³/mol. The van der Waals surface area contributed by atoms with Crippen molar-refractivity contribution in [3.05, 3.63) is 41.5 Å². The molecule has 0 radical (unpaired) electrons. The average molecular weight is 260 g/mol. The largest absolute Gasteiger partial charge is 0.469 e. The van der Waals surface area contributed by atoms with E-state index in [0.717, 1.165) is 6.42 Å². The van der Waals surface area contributed by atoms with Crippen LogP contribution in [0.2, 0.25) is 0 Å². The summed E-state index contributed by atoms with van der Waals surface area (Å²) in [4.78, 5) is 11.3. The summed E-state index contributed by atoms with van der Waals surface area (Å²) < 4.78 is 10.3. The van der Waals surface area contributed by atoms with E-state index in [1.165, 1.54) is 23.8 Å². The Morgan fingerprint density at radius 2 is 2.11 bits per heavy atom. The number of rotatable bonds is 3. The standard InChI is InChI=1S/C16H20O3/c1-11-13(8-9-16(17)19-3)14-7-5-4-6-12(14)10-15(11)18-2/h4-8,11,15H,9-10H2,1-3H3/t11-,15+/m1/s1. The van der Waals surface area contributed by atoms with Crippen LogP contribution >= 0.6 is 0 Å². The summed E-state index contributed by atoms with van der Waals surface area (Å²) in [5.41, 5.74) is 3.69. The van der Waals surface area contributed by atoms with Gasteiger partial charge in [-0.2, -0.15) is 0 Å². The van der Waals surface area contributed by atoms with E-state index in [0.29, 0.717) is 6.42 Å². The van der Waals surface area contributed by atoms with Crippen LogP contribution in [0.1, 0.15) is 24.5 Å². The molecule has 0 saturated heterocycles. The topological polar surface area (TPSA) is 35.5 Å². The number of methoxy groups -OCH3 is 2. The fourth-order valence-electron chi connectivity index (χ4n) is 2.68. The van der Waals surface area contributed by atoms with Crippen LogP contribution in [-0.4, -0.2) is 26.3 Å². The summed E-state index contributed by atoms with van der Waals surface area (Å²) in [6.07, 6.45) is 3.36. The van der Waals surface area contributed by atoms with Crippen LogP contribution in [0.5, 0.6) is 0 Å². The van der Waals surface area contributed by atoms with Crippen molar-refractivity contribution in [2.24, 2.45) is 5.92 Å². The van der Waals surface area contributed by atoms with E-state index >= 15 is 0 Å². The normalized spacial score (nSPS) is 24.1. The molecule has 0 fully saturated rings. The number of ether oxygens (including phenoxy) is 2. The minimum absolute atomic E-state index is 0.166. The predicted octanol–water partition coefficient (Wildman–Crippen LogP) is 2.84. The van der Waals surface area contributed by atoms with Gasteiger partial charge in [-0.3, -0.25) is 4.79 Å². The van der Waals surface area contributed by atoms with Gasteiger partial charge in [0.1, 0.15) is 0 Å². The second-order valence-corrected chi connectivity index (χ2v) is 4.86. The molecule has 0 saturated carbocycles. The zero-order valence-corrected chi connectivity index (χ0v) is 11.7. The third-order valence-electron chi connectivity index (χ3n) is 3.82. The van der Waals surface area contributed by atoms with Gasteiger partial charge in [0.2, 0.25) is 0 Å². The second kappa shape index (κ2) is 6.02. The van der Waals surface area contributed by atoms with Crippen LogP contribution < -0.4 is 0 Å². The van der Waals surface area contributed by atoms with Crippen molar-refractivity contribution in [2.45, 2.75) is 25.9 Å². The van der Waals surface area contributed by atoms with Gasteiger partial charge in [-0.05, 0) is 23.1 Å². The Morgan fingerprint density at radius 3 is 2.79 bits per heavy atom. The minimum atomic E-state index is -0.211. The molecular formula is C16H20O3. The third kappa shape index (κ3) is 2.87. The van der Waals surface area contributed by atoms with Gasteiger partial charge in [0, 0.05) is 13.0 Å². The number of carbonyl (C=O) groups excluding carboxylic acids is 1. The minimum Gasteiger partial charge on any atom is -0.469 e. The van der Waals surface area contributed by atoms with E-state index in [-0.39, 0.29) is 18.0 Å². The molecule has 0 bridgehead atoms. The molecule has 0 aromatic heterocycles. The Labute approximate surface area is 114 Å². The van der Waals surface area contributed by atoms with Gasteiger partial charge in [-0.25, -0.2) is 0 Å². The Balaban J connectivity index is 2.36. The van der Waals surface area contributed by atoms with E-state index in [9.17, 15) is 4.79 Å². The highest BCUT2D eigenvalue weighted by atomic mass is 16.5. The lowest BCUT2D eigenvalue weighted by Gasteiger charge is -2.32. The summed E-state index contributed by atoms with van der Waals surface area (Å²) in [6, 6.07) is 8.31. The van der Waals surface area contributed by atoms with Crippen LogP contribution in [-0.2, 0) is 20.7 Å². The highest BCUT2D eigenvalue weighted by Gasteiger charge is 2.28. The molecule has 2 rings (SSSR count). The molecule has 0 aliphatic heterocycles. The van der Waals surface area contributed by atoms with Crippen molar-refractivity contribution in [1.82, 2.24) is 0 Å². The number of fused-ring (bicyclic) bond motifs is 1. The van der Waals surface area contributed by atoms with E-state index in [4.69, 9.17) is 9.47 Å². The average Bonchev–Trinajstić information content (AvgIpc) is 2.45. The van der Waals surface area contributed by atoms with Gasteiger partial charge in [0.25, 0.3) is 0 Å². The first-order valence-corrected chi connectivity index (χ1v) is 6.55. The number of hydrogen-bond acceptors (Lipinski definition) is 3. The van der Waals surface area contributed by atoms with Crippen molar-refractivity contribution in [1.29, 1.82) is 0 Å². The SMILES string of the molecule is COC(=O)CC=C1c2ccccc2C[C@H](OC)[C@@H]1C. The number of carbonyl (C=O) groups is 1. The van der Waals surface area contributed by atoms with Gasteiger partial charge in [0.15, 0.2) is 0 Å². The zero-order chi connectivity index (χ0) is 13.8. The highest BCUT2D eigenvalue weighted by molar-refractivity contribution is 5.78. The lowest BCUT2D eigenvalue weighted by Crippen LogP contribution is -2.29. The molecule has 0 N–H and O–H groups in total. The summed E-state index contributed by atoms with van der Waals surface area (Å²) in [7, 11) is 3.16. The fraction of sp³-hybridized carbons (Fsp3) is 0.438. The van der Waals surface area contributed by atoms with Crippen LogP contribution in [0.25, 0.3) is 5.57 Å². The molecule has 1 aromatic rings. The second-order valence-electron chi connectivity index (χ2n) is 4.86. The van der Waals surface area contributed by atoms with Crippen LogP contribution in [0.15, 0.2) is 30.3 Å². The number of hydrogen-bond donors (Lipinski definition) is 0. The van der Waals surface area contributed by atoms with E-state index in [1.807, 2.05) is 18.2 Å². The number of esters is 1. The third-order valence-corrected chi connectivity index (χ3v) is 3.82. The molecule has 102 valence electrons. The van der Waals surface area contributed by atoms with E-state index in [2.05, 4.69) is 19.1 Å². The Kier molecular flexibility index (Phi) is 4.38. The molecule has 0 spiro atoms. The van der Waals surface area contributed by atoms with Gasteiger partial charge in [0.05, 0.1) is 19.6 Å². The Hall–Kier alpha value is -1.61. The molecule has 1 aliphatic rings. The molecule has 2 atom stereocenters. The molecule has 0 unspecified atom stereocenters. The zero-order valence-electron chi connectivity index (χ0n) is 11.7. The molecule has 0 amide bonds. The maximum absolute atomic E-state index is 11.3. The quantitative estimate of drug-likeness (QED) is 0.784. The van der Waals surface area contributed by atoms with Crippen molar-refractivity contribution < 1.29 is 14.3 Å². The Morgan fingerprint density at radius 1 is 1.37 bits per heavy atom. The van der Waals surface area contributed by atoms with Crippen molar-refractivity contribution in [3.8, 4) is 0 Å².